The minimum atomic E-state index is -3.06. The van der Waals surface area contributed by atoms with Crippen molar-refractivity contribution in [1.82, 2.24) is 0 Å². The molecule has 11 heavy (non-hydrogen) atoms. The molecule has 2 N–H and O–H groups in total. The van der Waals surface area contributed by atoms with E-state index in [1.165, 1.54) is 0 Å². The van der Waals surface area contributed by atoms with Crippen LogP contribution in [0.4, 0.5) is 0 Å². The lowest BCUT2D eigenvalue weighted by atomic mass is 10.4. The first-order valence-electron chi connectivity index (χ1n) is 3.76. The van der Waals surface area contributed by atoms with E-state index in [1.807, 2.05) is 0 Å². The molecular weight excluding hydrogens is 183 g/mol. The van der Waals surface area contributed by atoms with Crippen molar-refractivity contribution in [3.63, 3.8) is 0 Å². The highest BCUT2D eigenvalue weighted by molar-refractivity contribution is 8.16. The molecule has 0 aliphatic rings. The van der Waals surface area contributed by atoms with Crippen molar-refractivity contribution < 1.29 is 14.3 Å². The van der Waals surface area contributed by atoms with Gasteiger partial charge in [0.1, 0.15) is 0 Å². The van der Waals surface area contributed by atoms with Gasteiger partial charge in [-0.25, -0.2) is 0 Å². The molecule has 0 saturated carbocycles. The molecule has 0 unspecified atom stereocenters. The molecule has 3 nitrogen and oxygen atoms in total. The summed E-state index contributed by atoms with van der Waals surface area (Å²) in [4.78, 5) is 18.3. The summed E-state index contributed by atoms with van der Waals surface area (Å²) in [6.07, 6.45) is 2.07. The molecule has 0 heterocycles. The maximum Gasteiger partial charge on any atom is 0.517 e. The SMILES string of the molecule is CCCC[S+]=P(O)(O)OCC. The standard InChI is InChI=1S/C6H16O3PS/c1-3-5-6-11-10(7,8)9-4-2/h7-8H,3-6H2,1-2H3/q+1. The van der Waals surface area contributed by atoms with Crippen molar-refractivity contribution in [2.75, 3.05) is 12.4 Å². The second kappa shape index (κ2) is 6.09. The third-order valence-corrected chi connectivity index (χ3v) is 4.33. The number of hydrogen-bond acceptors (Lipinski definition) is 1. The van der Waals surface area contributed by atoms with E-state index in [1.54, 1.807) is 6.92 Å². The highest BCUT2D eigenvalue weighted by Gasteiger charge is 2.23. The monoisotopic (exact) mass is 199 g/mol. The van der Waals surface area contributed by atoms with Crippen LogP contribution in [0, 0.1) is 0 Å². The molecule has 0 aliphatic heterocycles. The topological polar surface area (TPSA) is 49.7 Å². The van der Waals surface area contributed by atoms with Crippen molar-refractivity contribution in [3.05, 3.63) is 0 Å². The van der Waals surface area contributed by atoms with Gasteiger partial charge in [0.05, 0.1) is 6.61 Å². The summed E-state index contributed by atoms with van der Waals surface area (Å²) < 4.78 is 4.76. The van der Waals surface area contributed by atoms with Gasteiger partial charge in [0.2, 0.25) is 10.9 Å². The number of hydrogen-bond donors (Lipinski definition) is 2. The third-order valence-electron chi connectivity index (χ3n) is 1.05. The summed E-state index contributed by atoms with van der Waals surface area (Å²) in [5.74, 6) is 0.761. The van der Waals surface area contributed by atoms with E-state index in [-0.39, 0.29) is 0 Å². The van der Waals surface area contributed by atoms with Gasteiger partial charge in [0, 0.05) is 6.42 Å². The molecule has 0 rings (SSSR count). The summed E-state index contributed by atoms with van der Waals surface area (Å²) >= 11 is 0. The van der Waals surface area contributed by atoms with Gasteiger partial charge in [0.25, 0.3) is 0 Å². The quantitative estimate of drug-likeness (QED) is 0.401. The van der Waals surface area contributed by atoms with Gasteiger partial charge >= 0.3 is 6.72 Å². The van der Waals surface area contributed by atoms with Crippen LogP contribution < -0.4 is 0 Å². The van der Waals surface area contributed by atoms with Crippen LogP contribution >= 0.6 is 6.72 Å². The maximum atomic E-state index is 9.15. The van der Waals surface area contributed by atoms with Gasteiger partial charge in [-0.2, -0.15) is 0 Å². The first-order chi connectivity index (χ1) is 5.12. The minimum absolute atomic E-state index is 0.361. The molecule has 0 aromatic rings. The Kier molecular flexibility index (Phi) is 6.38. The zero-order valence-corrected chi connectivity index (χ0v) is 8.70. The lowest BCUT2D eigenvalue weighted by molar-refractivity contribution is 0.265. The Balaban J connectivity index is 3.73. The fraction of sp³-hybridized carbons (Fsp3) is 1.00. The lowest BCUT2D eigenvalue weighted by Gasteiger charge is -1.97. The predicted molar refractivity (Wildman–Crippen MR) is 50.1 cm³/mol. The average Bonchev–Trinajstić information content (AvgIpc) is 1.87. The molecule has 0 aliphatic carbocycles. The molecule has 68 valence electrons. The van der Waals surface area contributed by atoms with Gasteiger partial charge in [-0.15, -0.1) is 0 Å². The second-order valence-electron chi connectivity index (χ2n) is 2.10. The van der Waals surface area contributed by atoms with Crippen LogP contribution in [-0.4, -0.2) is 22.1 Å². The molecule has 0 spiro atoms. The zero-order chi connectivity index (χ0) is 8.74. The highest BCUT2D eigenvalue weighted by atomic mass is 32.5. The largest absolute Gasteiger partial charge is 0.517 e. The van der Waals surface area contributed by atoms with Crippen molar-refractivity contribution >= 4 is 17.7 Å². The van der Waals surface area contributed by atoms with Gasteiger partial charge in [-0.1, -0.05) is 13.3 Å². The molecule has 0 amide bonds. The van der Waals surface area contributed by atoms with Crippen molar-refractivity contribution in [1.29, 1.82) is 0 Å². The first-order valence-corrected chi connectivity index (χ1v) is 6.96. The summed E-state index contributed by atoms with van der Waals surface area (Å²) in [5, 5.41) is 0. The summed E-state index contributed by atoms with van der Waals surface area (Å²) in [6.45, 7) is 1.12. The van der Waals surface area contributed by atoms with E-state index in [4.69, 9.17) is 14.3 Å². The fourth-order valence-electron chi connectivity index (χ4n) is 0.533. The van der Waals surface area contributed by atoms with Gasteiger partial charge in [-0.05, 0) is 6.92 Å². The molecule has 0 aromatic heterocycles. The number of rotatable bonds is 5. The maximum absolute atomic E-state index is 9.15. The van der Waals surface area contributed by atoms with Crippen molar-refractivity contribution in [3.8, 4) is 0 Å². The smallest absolute Gasteiger partial charge is 0.289 e. The molecular formula is C6H16O3PS+. The average molecular weight is 199 g/mol. The van der Waals surface area contributed by atoms with Crippen LogP contribution in [0.25, 0.3) is 0 Å². The zero-order valence-electron chi connectivity index (χ0n) is 6.99. The van der Waals surface area contributed by atoms with Crippen LogP contribution in [0.2, 0.25) is 0 Å². The molecule has 0 atom stereocenters. The Bertz CT molecular complexity index is 143. The van der Waals surface area contributed by atoms with Crippen molar-refractivity contribution in [2.45, 2.75) is 26.7 Å². The van der Waals surface area contributed by atoms with Crippen LogP contribution in [0.3, 0.4) is 0 Å². The predicted octanol–water partition coefficient (Wildman–Crippen LogP) is 1.57. The van der Waals surface area contributed by atoms with Crippen LogP contribution in [0.1, 0.15) is 26.7 Å². The van der Waals surface area contributed by atoms with E-state index in [0.29, 0.717) is 6.61 Å². The van der Waals surface area contributed by atoms with E-state index < -0.39 is 6.72 Å². The van der Waals surface area contributed by atoms with Crippen LogP contribution in [-0.2, 0) is 15.5 Å². The molecule has 0 saturated heterocycles. The summed E-state index contributed by atoms with van der Waals surface area (Å²) in [7, 11) is 1.13. The van der Waals surface area contributed by atoms with E-state index in [0.717, 1.165) is 29.5 Å². The Labute approximate surface area is 71.6 Å². The highest BCUT2D eigenvalue weighted by Crippen LogP contribution is 2.38. The Morgan fingerprint density at radius 3 is 2.45 bits per heavy atom. The van der Waals surface area contributed by atoms with Gasteiger partial charge in [0.15, 0.2) is 5.75 Å². The summed E-state index contributed by atoms with van der Waals surface area (Å²) in [5.41, 5.74) is 0. The molecule has 0 radical (unpaired) electrons. The van der Waals surface area contributed by atoms with Crippen molar-refractivity contribution in [2.24, 2.45) is 0 Å². The molecule has 5 heteroatoms. The molecule has 0 bridgehead atoms. The summed E-state index contributed by atoms with van der Waals surface area (Å²) in [6, 6.07) is 0. The van der Waals surface area contributed by atoms with E-state index in [9.17, 15) is 0 Å². The molecule has 0 fully saturated rings. The van der Waals surface area contributed by atoms with E-state index in [2.05, 4.69) is 6.92 Å². The van der Waals surface area contributed by atoms with Gasteiger partial charge < -0.3 is 0 Å². The Hall–Kier alpha value is 0.530. The third kappa shape index (κ3) is 6.91. The Morgan fingerprint density at radius 2 is 2.00 bits per heavy atom. The lowest BCUT2D eigenvalue weighted by Crippen LogP contribution is -1.91. The second-order valence-corrected chi connectivity index (χ2v) is 6.20. The van der Waals surface area contributed by atoms with Crippen LogP contribution in [0.5, 0.6) is 0 Å². The normalized spacial score (nSPS) is 11.6. The minimum Gasteiger partial charge on any atom is -0.289 e. The van der Waals surface area contributed by atoms with Gasteiger partial charge in [-0.3, -0.25) is 14.3 Å². The number of unbranched alkanes of at least 4 members (excludes halogenated alkanes) is 1. The Morgan fingerprint density at radius 1 is 1.36 bits per heavy atom. The van der Waals surface area contributed by atoms with E-state index >= 15 is 0 Å². The fourth-order valence-corrected chi connectivity index (χ4v) is 3.24. The first kappa shape index (κ1) is 11.5. The molecule has 0 aromatic carbocycles. The van der Waals surface area contributed by atoms with Crippen LogP contribution in [0.15, 0.2) is 0 Å².